The normalized spacial score (nSPS) is 13.1. The van der Waals surface area contributed by atoms with E-state index in [1.54, 1.807) is 0 Å². The summed E-state index contributed by atoms with van der Waals surface area (Å²) in [7, 11) is 0. The SMILES string of the molecule is CC(C)CNCc1ccc(F)c(COC(C)CC(C)C)c1. The fourth-order valence-corrected chi connectivity index (χ4v) is 2.32. The van der Waals surface area contributed by atoms with Crippen LogP contribution >= 0.6 is 0 Å². The number of halogens is 1. The quantitative estimate of drug-likeness (QED) is 0.723. The van der Waals surface area contributed by atoms with Gasteiger partial charge >= 0.3 is 0 Å². The van der Waals surface area contributed by atoms with E-state index < -0.39 is 0 Å². The molecule has 0 saturated heterocycles. The summed E-state index contributed by atoms with van der Waals surface area (Å²) in [6.45, 7) is 12.8. The Morgan fingerprint density at radius 2 is 1.81 bits per heavy atom. The molecule has 0 heterocycles. The molecule has 0 saturated carbocycles. The molecule has 0 aliphatic rings. The highest BCUT2D eigenvalue weighted by atomic mass is 19.1. The van der Waals surface area contributed by atoms with Crippen molar-refractivity contribution in [3.05, 3.63) is 35.1 Å². The topological polar surface area (TPSA) is 21.3 Å². The Labute approximate surface area is 129 Å². The van der Waals surface area contributed by atoms with Crippen molar-refractivity contribution >= 4 is 0 Å². The van der Waals surface area contributed by atoms with Crippen LogP contribution in [0.15, 0.2) is 18.2 Å². The van der Waals surface area contributed by atoms with E-state index in [1.807, 2.05) is 19.1 Å². The highest BCUT2D eigenvalue weighted by Gasteiger charge is 2.09. The van der Waals surface area contributed by atoms with Gasteiger partial charge in [-0.25, -0.2) is 4.39 Å². The second-order valence-electron chi connectivity index (χ2n) is 6.70. The largest absolute Gasteiger partial charge is 0.374 e. The summed E-state index contributed by atoms with van der Waals surface area (Å²) in [4.78, 5) is 0. The van der Waals surface area contributed by atoms with Crippen LogP contribution in [0.2, 0.25) is 0 Å². The van der Waals surface area contributed by atoms with Crippen molar-refractivity contribution in [2.45, 2.75) is 60.3 Å². The van der Waals surface area contributed by atoms with Gasteiger partial charge in [-0.2, -0.15) is 0 Å². The van der Waals surface area contributed by atoms with Crippen LogP contribution in [-0.2, 0) is 17.9 Å². The van der Waals surface area contributed by atoms with Crippen LogP contribution < -0.4 is 5.32 Å². The van der Waals surface area contributed by atoms with Crippen LogP contribution in [0.25, 0.3) is 0 Å². The van der Waals surface area contributed by atoms with E-state index in [-0.39, 0.29) is 11.9 Å². The molecule has 0 bridgehead atoms. The molecule has 0 spiro atoms. The minimum Gasteiger partial charge on any atom is -0.374 e. The Bertz CT molecular complexity index is 418. The first kappa shape index (κ1) is 18.1. The number of nitrogens with one attached hydrogen (secondary N) is 1. The maximum atomic E-state index is 13.8. The lowest BCUT2D eigenvalue weighted by Gasteiger charge is -2.16. The molecule has 0 aliphatic heterocycles. The molecule has 21 heavy (non-hydrogen) atoms. The molecule has 0 radical (unpaired) electrons. The van der Waals surface area contributed by atoms with E-state index in [9.17, 15) is 4.39 Å². The van der Waals surface area contributed by atoms with Gasteiger partial charge in [0.2, 0.25) is 0 Å². The molecule has 0 aromatic heterocycles. The average Bonchev–Trinajstić information content (AvgIpc) is 2.38. The van der Waals surface area contributed by atoms with Crippen LogP contribution in [0.4, 0.5) is 4.39 Å². The molecule has 1 atom stereocenters. The van der Waals surface area contributed by atoms with Crippen molar-refractivity contribution in [1.29, 1.82) is 0 Å². The van der Waals surface area contributed by atoms with Gasteiger partial charge in [0, 0.05) is 12.1 Å². The number of rotatable bonds is 9. The first-order valence-electron chi connectivity index (χ1n) is 7.98. The Balaban J connectivity index is 2.53. The summed E-state index contributed by atoms with van der Waals surface area (Å²) in [5.41, 5.74) is 1.75. The van der Waals surface area contributed by atoms with Crippen molar-refractivity contribution in [3.8, 4) is 0 Å². The summed E-state index contributed by atoms with van der Waals surface area (Å²) in [6.07, 6.45) is 1.16. The molecule has 1 unspecified atom stereocenters. The van der Waals surface area contributed by atoms with E-state index in [1.165, 1.54) is 6.07 Å². The molecule has 0 fully saturated rings. The first-order valence-corrected chi connectivity index (χ1v) is 7.98. The van der Waals surface area contributed by atoms with Crippen LogP contribution in [0, 0.1) is 17.7 Å². The molecule has 1 aromatic rings. The van der Waals surface area contributed by atoms with Gasteiger partial charge in [-0.05, 0) is 49.4 Å². The van der Waals surface area contributed by atoms with Crippen molar-refractivity contribution in [2.24, 2.45) is 11.8 Å². The summed E-state index contributed by atoms with van der Waals surface area (Å²) in [5, 5.41) is 3.38. The standard InChI is InChI=1S/C18H30FNO/c1-13(2)8-15(5)21-12-17-9-16(6-7-18(17)19)11-20-10-14(3)4/h6-7,9,13-15,20H,8,10-12H2,1-5H3. The zero-order chi connectivity index (χ0) is 15.8. The molecule has 1 aromatic carbocycles. The number of benzene rings is 1. The second kappa shape index (κ2) is 9.16. The summed E-state index contributed by atoms with van der Waals surface area (Å²) in [5.74, 6) is 1.03. The van der Waals surface area contributed by atoms with Gasteiger partial charge < -0.3 is 10.1 Å². The third-order valence-electron chi connectivity index (χ3n) is 3.32. The van der Waals surface area contributed by atoms with Crippen molar-refractivity contribution in [1.82, 2.24) is 5.32 Å². The Morgan fingerprint density at radius 3 is 2.43 bits per heavy atom. The van der Waals surface area contributed by atoms with Gasteiger partial charge in [-0.3, -0.25) is 0 Å². The highest BCUT2D eigenvalue weighted by Crippen LogP contribution is 2.15. The lowest BCUT2D eigenvalue weighted by Crippen LogP contribution is -2.19. The Kier molecular flexibility index (Phi) is 7.91. The maximum Gasteiger partial charge on any atom is 0.128 e. The van der Waals surface area contributed by atoms with Gasteiger partial charge in [-0.15, -0.1) is 0 Å². The van der Waals surface area contributed by atoms with Crippen LogP contribution in [0.5, 0.6) is 0 Å². The van der Waals surface area contributed by atoms with Gasteiger partial charge in [0.25, 0.3) is 0 Å². The van der Waals surface area contributed by atoms with Crippen LogP contribution in [-0.4, -0.2) is 12.6 Å². The summed E-state index contributed by atoms with van der Waals surface area (Å²) < 4.78 is 19.6. The molecule has 0 amide bonds. The number of ether oxygens (including phenoxy) is 1. The Morgan fingerprint density at radius 1 is 1.10 bits per heavy atom. The molecule has 1 rings (SSSR count). The minimum absolute atomic E-state index is 0.159. The molecular weight excluding hydrogens is 265 g/mol. The van der Waals surface area contributed by atoms with E-state index in [0.717, 1.165) is 25.1 Å². The third-order valence-corrected chi connectivity index (χ3v) is 3.32. The second-order valence-corrected chi connectivity index (χ2v) is 6.70. The molecule has 0 aliphatic carbocycles. The van der Waals surface area contributed by atoms with Gasteiger partial charge in [0.05, 0.1) is 12.7 Å². The average molecular weight is 295 g/mol. The lowest BCUT2D eigenvalue weighted by molar-refractivity contribution is 0.0382. The fourth-order valence-electron chi connectivity index (χ4n) is 2.32. The van der Waals surface area contributed by atoms with Crippen LogP contribution in [0.1, 0.15) is 52.2 Å². The number of hydrogen-bond acceptors (Lipinski definition) is 2. The monoisotopic (exact) mass is 295 g/mol. The summed E-state index contributed by atoms with van der Waals surface area (Å²) in [6, 6.07) is 5.28. The van der Waals surface area contributed by atoms with Crippen molar-refractivity contribution < 1.29 is 9.13 Å². The summed E-state index contributed by atoms with van der Waals surface area (Å²) >= 11 is 0. The zero-order valence-electron chi connectivity index (χ0n) is 14.1. The molecular formula is C18H30FNO. The minimum atomic E-state index is -0.181. The fraction of sp³-hybridized carbons (Fsp3) is 0.667. The van der Waals surface area contributed by atoms with Crippen LogP contribution in [0.3, 0.4) is 0 Å². The van der Waals surface area contributed by atoms with E-state index in [2.05, 4.69) is 33.0 Å². The molecule has 1 N–H and O–H groups in total. The van der Waals surface area contributed by atoms with E-state index in [0.29, 0.717) is 24.0 Å². The van der Waals surface area contributed by atoms with Gasteiger partial charge in [0.1, 0.15) is 5.82 Å². The van der Waals surface area contributed by atoms with Gasteiger partial charge in [0.15, 0.2) is 0 Å². The molecule has 2 nitrogen and oxygen atoms in total. The number of hydrogen-bond donors (Lipinski definition) is 1. The predicted molar refractivity (Wildman–Crippen MR) is 86.7 cm³/mol. The van der Waals surface area contributed by atoms with E-state index >= 15 is 0 Å². The molecule has 3 heteroatoms. The van der Waals surface area contributed by atoms with Crippen molar-refractivity contribution in [2.75, 3.05) is 6.54 Å². The smallest absolute Gasteiger partial charge is 0.128 e. The predicted octanol–water partition coefficient (Wildman–Crippen LogP) is 4.52. The Hall–Kier alpha value is -0.930. The van der Waals surface area contributed by atoms with E-state index in [4.69, 9.17) is 4.74 Å². The first-order chi connectivity index (χ1) is 9.88. The molecule has 120 valence electrons. The third kappa shape index (κ3) is 7.58. The maximum absolute atomic E-state index is 13.8. The zero-order valence-corrected chi connectivity index (χ0v) is 14.1. The van der Waals surface area contributed by atoms with Gasteiger partial charge in [-0.1, -0.05) is 33.8 Å². The highest BCUT2D eigenvalue weighted by molar-refractivity contribution is 5.24. The lowest BCUT2D eigenvalue weighted by atomic mass is 10.1. The van der Waals surface area contributed by atoms with Crippen molar-refractivity contribution in [3.63, 3.8) is 0 Å².